The van der Waals surface area contributed by atoms with Crippen molar-refractivity contribution < 1.29 is 0 Å². The van der Waals surface area contributed by atoms with Gasteiger partial charge in [0.05, 0.1) is 0 Å². The summed E-state index contributed by atoms with van der Waals surface area (Å²) in [7, 11) is 0. The fourth-order valence-corrected chi connectivity index (χ4v) is 2.93. The first kappa shape index (κ1) is 13.8. The molecule has 0 atom stereocenters. The van der Waals surface area contributed by atoms with Crippen LogP contribution >= 0.6 is 15.9 Å². The second kappa shape index (κ2) is 7.07. The Bertz CT molecular complexity index is 373. The highest BCUT2D eigenvalue weighted by Crippen LogP contribution is 2.21. The summed E-state index contributed by atoms with van der Waals surface area (Å²) in [6, 6.07) is 2.58. The summed E-state index contributed by atoms with van der Waals surface area (Å²) in [5.41, 5.74) is 0. The lowest BCUT2D eigenvalue weighted by Crippen LogP contribution is -2.19. The summed E-state index contributed by atoms with van der Waals surface area (Å²) >= 11 is 3.47. The summed E-state index contributed by atoms with van der Waals surface area (Å²) in [5.74, 6) is 1.91. The van der Waals surface area contributed by atoms with Crippen LogP contribution in [0.5, 0.6) is 0 Å². The molecule has 18 heavy (non-hydrogen) atoms. The Morgan fingerprint density at radius 1 is 1.22 bits per heavy atom. The van der Waals surface area contributed by atoms with E-state index >= 15 is 0 Å². The normalized spacial score (nSPS) is 17.4. The van der Waals surface area contributed by atoms with Gasteiger partial charge in [0.1, 0.15) is 16.2 Å². The van der Waals surface area contributed by atoms with Crippen molar-refractivity contribution in [3.05, 3.63) is 16.5 Å². The predicted octanol–water partition coefficient (Wildman–Crippen LogP) is 4.33. The Kier molecular flexibility index (Phi) is 5.42. The van der Waals surface area contributed by atoms with Crippen LogP contribution in [-0.2, 0) is 6.42 Å². The zero-order chi connectivity index (χ0) is 12.8. The van der Waals surface area contributed by atoms with E-state index in [-0.39, 0.29) is 0 Å². The van der Waals surface area contributed by atoms with Gasteiger partial charge in [0.15, 0.2) is 0 Å². The molecule has 1 saturated carbocycles. The van der Waals surface area contributed by atoms with Gasteiger partial charge < -0.3 is 5.32 Å². The third-order valence-electron chi connectivity index (χ3n) is 3.42. The van der Waals surface area contributed by atoms with Gasteiger partial charge in [-0.05, 0) is 35.2 Å². The number of aryl methyl sites for hydroxylation is 1. The van der Waals surface area contributed by atoms with Crippen molar-refractivity contribution in [2.75, 3.05) is 5.32 Å². The maximum atomic E-state index is 4.60. The minimum atomic E-state index is 0.587. The smallest absolute Gasteiger partial charge is 0.132 e. The standard InChI is InChI=1S/C14H22BrN3/c1-2-7-13-17-12(15)10-14(18-13)16-11-8-5-3-4-6-9-11/h10-11H,2-9H2,1H3,(H,16,17,18). The van der Waals surface area contributed by atoms with Crippen molar-refractivity contribution in [1.29, 1.82) is 0 Å². The molecule has 0 amide bonds. The number of rotatable bonds is 4. The third-order valence-corrected chi connectivity index (χ3v) is 3.83. The number of hydrogen-bond acceptors (Lipinski definition) is 3. The van der Waals surface area contributed by atoms with Crippen LogP contribution in [0.4, 0.5) is 5.82 Å². The second-order valence-electron chi connectivity index (χ2n) is 5.07. The monoisotopic (exact) mass is 311 g/mol. The summed E-state index contributed by atoms with van der Waals surface area (Å²) in [5, 5.41) is 3.58. The van der Waals surface area contributed by atoms with Gasteiger partial charge in [-0.3, -0.25) is 0 Å². The van der Waals surface area contributed by atoms with E-state index in [0.29, 0.717) is 6.04 Å². The van der Waals surface area contributed by atoms with Crippen LogP contribution in [-0.4, -0.2) is 16.0 Å². The van der Waals surface area contributed by atoms with E-state index in [9.17, 15) is 0 Å². The van der Waals surface area contributed by atoms with Gasteiger partial charge in [-0.15, -0.1) is 0 Å². The van der Waals surface area contributed by atoms with E-state index in [4.69, 9.17) is 0 Å². The first-order valence-corrected chi connectivity index (χ1v) is 7.87. The third kappa shape index (κ3) is 4.23. The van der Waals surface area contributed by atoms with Crippen LogP contribution < -0.4 is 5.32 Å². The zero-order valence-corrected chi connectivity index (χ0v) is 12.7. The molecule has 0 spiro atoms. The molecule has 0 bridgehead atoms. The van der Waals surface area contributed by atoms with E-state index in [0.717, 1.165) is 29.1 Å². The minimum absolute atomic E-state index is 0.587. The Balaban J connectivity index is 2.02. The number of aromatic nitrogens is 2. The highest BCUT2D eigenvalue weighted by atomic mass is 79.9. The molecule has 1 fully saturated rings. The first-order chi connectivity index (χ1) is 8.78. The molecule has 1 aliphatic carbocycles. The van der Waals surface area contributed by atoms with Crippen molar-refractivity contribution in [2.24, 2.45) is 0 Å². The molecule has 0 aromatic carbocycles. The van der Waals surface area contributed by atoms with Crippen LogP contribution in [0.3, 0.4) is 0 Å². The predicted molar refractivity (Wildman–Crippen MR) is 78.8 cm³/mol. The number of nitrogens with one attached hydrogen (secondary N) is 1. The number of anilines is 1. The van der Waals surface area contributed by atoms with Gasteiger partial charge in [0, 0.05) is 18.5 Å². The molecule has 1 N–H and O–H groups in total. The Morgan fingerprint density at radius 3 is 2.61 bits per heavy atom. The van der Waals surface area contributed by atoms with Crippen LogP contribution in [0, 0.1) is 0 Å². The fraction of sp³-hybridized carbons (Fsp3) is 0.714. The fourth-order valence-electron chi connectivity index (χ4n) is 2.51. The Morgan fingerprint density at radius 2 is 1.94 bits per heavy atom. The van der Waals surface area contributed by atoms with Crippen LogP contribution in [0.2, 0.25) is 0 Å². The van der Waals surface area contributed by atoms with Gasteiger partial charge in [0.2, 0.25) is 0 Å². The van der Waals surface area contributed by atoms with E-state index in [1.54, 1.807) is 0 Å². The highest BCUT2D eigenvalue weighted by molar-refractivity contribution is 9.10. The van der Waals surface area contributed by atoms with Crippen molar-refractivity contribution in [3.8, 4) is 0 Å². The molecule has 0 saturated heterocycles. The zero-order valence-electron chi connectivity index (χ0n) is 11.1. The van der Waals surface area contributed by atoms with E-state index in [1.807, 2.05) is 6.07 Å². The maximum absolute atomic E-state index is 4.60. The molecule has 100 valence electrons. The number of hydrogen-bond donors (Lipinski definition) is 1. The first-order valence-electron chi connectivity index (χ1n) is 7.08. The summed E-state index contributed by atoms with van der Waals surface area (Å²) < 4.78 is 0.886. The highest BCUT2D eigenvalue weighted by Gasteiger charge is 2.13. The quantitative estimate of drug-likeness (QED) is 0.664. The Labute approximate surface area is 118 Å². The van der Waals surface area contributed by atoms with Crippen LogP contribution in [0.1, 0.15) is 57.7 Å². The molecule has 0 aliphatic heterocycles. The van der Waals surface area contributed by atoms with Crippen LogP contribution in [0.25, 0.3) is 0 Å². The van der Waals surface area contributed by atoms with Gasteiger partial charge in [-0.25, -0.2) is 9.97 Å². The average molecular weight is 312 g/mol. The van der Waals surface area contributed by atoms with Crippen molar-refractivity contribution in [1.82, 2.24) is 9.97 Å². The van der Waals surface area contributed by atoms with Gasteiger partial charge in [-0.1, -0.05) is 32.6 Å². The average Bonchev–Trinajstić information content (AvgIpc) is 2.57. The summed E-state index contributed by atoms with van der Waals surface area (Å²) in [6.45, 7) is 2.16. The van der Waals surface area contributed by atoms with E-state index < -0.39 is 0 Å². The maximum Gasteiger partial charge on any atom is 0.132 e. The minimum Gasteiger partial charge on any atom is -0.367 e. The Hall–Kier alpha value is -0.640. The van der Waals surface area contributed by atoms with E-state index in [2.05, 4.69) is 38.1 Å². The van der Waals surface area contributed by atoms with Gasteiger partial charge >= 0.3 is 0 Å². The molecule has 4 heteroatoms. The van der Waals surface area contributed by atoms with Gasteiger partial charge in [-0.2, -0.15) is 0 Å². The SMILES string of the molecule is CCCc1nc(Br)cc(NC2CCCCCC2)n1. The molecular weight excluding hydrogens is 290 g/mol. The molecule has 0 radical (unpaired) electrons. The van der Waals surface area contributed by atoms with Crippen molar-refractivity contribution in [2.45, 2.75) is 64.3 Å². The van der Waals surface area contributed by atoms with Crippen molar-refractivity contribution >= 4 is 21.7 Å². The molecular formula is C14H22BrN3. The second-order valence-corrected chi connectivity index (χ2v) is 5.89. The topological polar surface area (TPSA) is 37.8 Å². The molecule has 0 unspecified atom stereocenters. The summed E-state index contributed by atoms with van der Waals surface area (Å²) in [4.78, 5) is 9.00. The van der Waals surface area contributed by atoms with Crippen LogP contribution in [0.15, 0.2) is 10.7 Å². The van der Waals surface area contributed by atoms with Crippen molar-refractivity contribution in [3.63, 3.8) is 0 Å². The van der Waals surface area contributed by atoms with Gasteiger partial charge in [0.25, 0.3) is 0 Å². The molecule has 2 rings (SSSR count). The molecule has 1 heterocycles. The molecule has 1 aromatic rings. The number of nitrogens with zero attached hydrogens (tertiary/aromatic N) is 2. The lowest BCUT2D eigenvalue weighted by molar-refractivity contribution is 0.616. The lowest BCUT2D eigenvalue weighted by atomic mass is 10.1. The number of halogens is 1. The summed E-state index contributed by atoms with van der Waals surface area (Å²) in [6.07, 6.45) is 10.0. The molecule has 1 aromatic heterocycles. The molecule has 1 aliphatic rings. The largest absolute Gasteiger partial charge is 0.367 e. The van der Waals surface area contributed by atoms with E-state index in [1.165, 1.54) is 38.5 Å². The lowest BCUT2D eigenvalue weighted by Gasteiger charge is -2.17. The molecule has 3 nitrogen and oxygen atoms in total.